The SMILES string of the molecule is CC(C)(C)OC(=O)N1C[C@H](c2ccc(Cl)c(Cl)c2)[C@H](C(=O)O)C1. The Morgan fingerprint density at radius 1 is 1.22 bits per heavy atom. The maximum absolute atomic E-state index is 12.2. The van der Waals surface area contributed by atoms with Crippen molar-refractivity contribution in [1.82, 2.24) is 4.90 Å². The molecule has 0 bridgehead atoms. The average molecular weight is 360 g/mol. The van der Waals surface area contributed by atoms with E-state index in [1.165, 1.54) is 4.90 Å². The highest BCUT2D eigenvalue weighted by Crippen LogP contribution is 2.36. The molecule has 126 valence electrons. The van der Waals surface area contributed by atoms with Crippen LogP contribution in [0.15, 0.2) is 18.2 Å². The minimum atomic E-state index is -0.952. The predicted octanol–water partition coefficient (Wildman–Crippen LogP) is 4.03. The van der Waals surface area contributed by atoms with Crippen molar-refractivity contribution >= 4 is 35.3 Å². The topological polar surface area (TPSA) is 66.8 Å². The molecule has 1 amide bonds. The van der Waals surface area contributed by atoms with Crippen LogP contribution in [0.1, 0.15) is 32.3 Å². The molecule has 0 radical (unpaired) electrons. The summed E-state index contributed by atoms with van der Waals surface area (Å²) in [7, 11) is 0. The van der Waals surface area contributed by atoms with Crippen molar-refractivity contribution in [3.63, 3.8) is 0 Å². The molecule has 1 fully saturated rings. The summed E-state index contributed by atoms with van der Waals surface area (Å²) < 4.78 is 5.32. The van der Waals surface area contributed by atoms with E-state index in [0.717, 1.165) is 5.56 Å². The third-order valence-electron chi connectivity index (χ3n) is 3.66. The van der Waals surface area contributed by atoms with Gasteiger partial charge in [-0.25, -0.2) is 4.79 Å². The van der Waals surface area contributed by atoms with Gasteiger partial charge in [-0.1, -0.05) is 29.3 Å². The zero-order valence-electron chi connectivity index (χ0n) is 13.2. The lowest BCUT2D eigenvalue weighted by atomic mass is 9.89. The van der Waals surface area contributed by atoms with E-state index in [4.69, 9.17) is 27.9 Å². The van der Waals surface area contributed by atoms with Crippen LogP contribution in [-0.2, 0) is 9.53 Å². The molecular weight excluding hydrogens is 341 g/mol. The number of carbonyl (C=O) groups is 2. The van der Waals surface area contributed by atoms with E-state index < -0.39 is 23.6 Å². The van der Waals surface area contributed by atoms with Crippen molar-refractivity contribution in [3.05, 3.63) is 33.8 Å². The van der Waals surface area contributed by atoms with Crippen LogP contribution in [-0.4, -0.2) is 40.8 Å². The predicted molar refractivity (Wildman–Crippen MR) is 88.1 cm³/mol. The Hall–Kier alpha value is -1.46. The molecule has 23 heavy (non-hydrogen) atoms. The number of nitrogens with zero attached hydrogens (tertiary/aromatic N) is 1. The summed E-state index contributed by atoms with van der Waals surface area (Å²) in [5.41, 5.74) is 0.121. The number of carboxylic acids is 1. The fourth-order valence-corrected chi connectivity index (χ4v) is 2.92. The molecular formula is C16H19Cl2NO4. The van der Waals surface area contributed by atoms with Gasteiger partial charge in [0.05, 0.1) is 16.0 Å². The van der Waals surface area contributed by atoms with Gasteiger partial charge in [-0.3, -0.25) is 4.79 Å². The van der Waals surface area contributed by atoms with E-state index in [1.807, 2.05) is 0 Å². The third kappa shape index (κ3) is 4.30. The Balaban J connectivity index is 2.23. The summed E-state index contributed by atoms with van der Waals surface area (Å²) in [5, 5.41) is 10.2. The summed E-state index contributed by atoms with van der Waals surface area (Å²) in [4.78, 5) is 25.2. The van der Waals surface area contributed by atoms with Gasteiger partial charge < -0.3 is 14.7 Å². The van der Waals surface area contributed by atoms with Gasteiger partial charge in [0.25, 0.3) is 0 Å². The molecule has 2 atom stereocenters. The number of rotatable bonds is 2. The molecule has 0 aliphatic carbocycles. The summed E-state index contributed by atoms with van der Waals surface area (Å²) in [6.45, 7) is 5.68. The summed E-state index contributed by atoms with van der Waals surface area (Å²) in [6, 6.07) is 5.03. The van der Waals surface area contributed by atoms with E-state index in [-0.39, 0.29) is 19.0 Å². The first kappa shape index (κ1) is 17.9. The van der Waals surface area contributed by atoms with E-state index in [1.54, 1.807) is 39.0 Å². The lowest BCUT2D eigenvalue weighted by Crippen LogP contribution is -2.35. The number of halogens is 2. The van der Waals surface area contributed by atoms with Crippen LogP contribution in [0, 0.1) is 5.92 Å². The van der Waals surface area contributed by atoms with Crippen molar-refractivity contribution < 1.29 is 19.4 Å². The Morgan fingerprint density at radius 2 is 1.87 bits per heavy atom. The minimum absolute atomic E-state index is 0.106. The Bertz CT molecular complexity index is 627. The second kappa shape index (κ2) is 6.57. The standard InChI is InChI=1S/C16H19Cl2NO4/c1-16(2,3)23-15(22)19-7-10(11(8-19)14(20)21)9-4-5-12(17)13(18)6-9/h4-6,10-11H,7-8H2,1-3H3,(H,20,21)/t10-,11-/m1/s1. The molecule has 1 N–H and O–H groups in total. The van der Waals surface area contributed by atoms with Crippen LogP contribution in [0.3, 0.4) is 0 Å². The van der Waals surface area contributed by atoms with Crippen LogP contribution >= 0.6 is 23.2 Å². The number of benzene rings is 1. The smallest absolute Gasteiger partial charge is 0.410 e. The normalized spacial score (nSPS) is 21.3. The maximum atomic E-state index is 12.2. The second-order valence-electron chi connectivity index (χ2n) is 6.61. The van der Waals surface area contributed by atoms with Crippen molar-refractivity contribution in [3.8, 4) is 0 Å². The number of ether oxygens (including phenoxy) is 1. The van der Waals surface area contributed by atoms with Gasteiger partial charge in [0.15, 0.2) is 0 Å². The molecule has 0 unspecified atom stereocenters. The summed E-state index contributed by atoms with van der Waals surface area (Å²) in [6.07, 6.45) is -0.508. The highest BCUT2D eigenvalue weighted by molar-refractivity contribution is 6.42. The largest absolute Gasteiger partial charge is 0.481 e. The molecule has 1 saturated heterocycles. The first-order chi connectivity index (χ1) is 10.6. The molecule has 7 heteroatoms. The number of amides is 1. The summed E-state index contributed by atoms with van der Waals surface area (Å²) >= 11 is 11.9. The number of hydrogen-bond donors (Lipinski definition) is 1. The fourth-order valence-electron chi connectivity index (χ4n) is 2.61. The molecule has 0 spiro atoms. The lowest BCUT2D eigenvalue weighted by Gasteiger charge is -2.24. The van der Waals surface area contributed by atoms with Crippen LogP contribution in [0.25, 0.3) is 0 Å². The van der Waals surface area contributed by atoms with Gasteiger partial charge >= 0.3 is 12.1 Å². The molecule has 1 aliphatic rings. The van der Waals surface area contributed by atoms with Gasteiger partial charge in [0.2, 0.25) is 0 Å². The number of carboxylic acid groups (broad SMARTS) is 1. The van der Waals surface area contributed by atoms with E-state index in [0.29, 0.717) is 10.0 Å². The number of aliphatic carboxylic acids is 1. The van der Waals surface area contributed by atoms with Gasteiger partial charge in [0.1, 0.15) is 5.60 Å². The molecule has 0 aromatic heterocycles. The van der Waals surface area contributed by atoms with Gasteiger partial charge in [-0.15, -0.1) is 0 Å². The van der Waals surface area contributed by atoms with E-state index >= 15 is 0 Å². The van der Waals surface area contributed by atoms with Crippen molar-refractivity contribution in [2.75, 3.05) is 13.1 Å². The fraction of sp³-hybridized carbons (Fsp3) is 0.500. The average Bonchev–Trinajstić information content (AvgIpc) is 2.85. The second-order valence-corrected chi connectivity index (χ2v) is 7.42. The molecule has 1 heterocycles. The molecule has 1 aromatic carbocycles. The Kier molecular flexibility index (Phi) is 5.11. The van der Waals surface area contributed by atoms with E-state index in [2.05, 4.69) is 0 Å². The van der Waals surface area contributed by atoms with Crippen molar-refractivity contribution in [2.24, 2.45) is 5.92 Å². The van der Waals surface area contributed by atoms with Gasteiger partial charge in [-0.05, 0) is 38.5 Å². The number of carbonyl (C=O) groups excluding carboxylic acids is 1. The zero-order valence-corrected chi connectivity index (χ0v) is 14.7. The van der Waals surface area contributed by atoms with Crippen LogP contribution < -0.4 is 0 Å². The highest BCUT2D eigenvalue weighted by Gasteiger charge is 2.41. The lowest BCUT2D eigenvalue weighted by molar-refractivity contribution is -0.141. The summed E-state index contributed by atoms with van der Waals surface area (Å²) in [5.74, 6) is -2.01. The first-order valence-electron chi connectivity index (χ1n) is 7.24. The monoisotopic (exact) mass is 359 g/mol. The molecule has 0 saturated carbocycles. The number of hydrogen-bond acceptors (Lipinski definition) is 3. The molecule has 5 nitrogen and oxygen atoms in total. The minimum Gasteiger partial charge on any atom is -0.481 e. The van der Waals surface area contributed by atoms with Gasteiger partial charge in [0, 0.05) is 19.0 Å². The Labute approximate surface area is 145 Å². The highest BCUT2D eigenvalue weighted by atomic mass is 35.5. The van der Waals surface area contributed by atoms with Gasteiger partial charge in [-0.2, -0.15) is 0 Å². The van der Waals surface area contributed by atoms with Crippen molar-refractivity contribution in [2.45, 2.75) is 32.3 Å². The van der Waals surface area contributed by atoms with Crippen LogP contribution in [0.2, 0.25) is 10.0 Å². The third-order valence-corrected chi connectivity index (χ3v) is 4.40. The van der Waals surface area contributed by atoms with Crippen LogP contribution in [0.5, 0.6) is 0 Å². The molecule has 1 aromatic rings. The molecule has 2 rings (SSSR count). The van der Waals surface area contributed by atoms with Crippen LogP contribution in [0.4, 0.5) is 4.79 Å². The first-order valence-corrected chi connectivity index (χ1v) is 8.00. The quantitative estimate of drug-likeness (QED) is 0.865. The Morgan fingerprint density at radius 3 is 2.39 bits per heavy atom. The van der Waals surface area contributed by atoms with E-state index in [9.17, 15) is 14.7 Å². The maximum Gasteiger partial charge on any atom is 0.410 e. The van der Waals surface area contributed by atoms with Crippen molar-refractivity contribution in [1.29, 1.82) is 0 Å². The number of likely N-dealkylation sites (tertiary alicyclic amines) is 1. The zero-order chi connectivity index (χ0) is 17.4. The molecule has 1 aliphatic heterocycles.